The molecule has 0 bridgehead atoms. The molecular weight excluding hydrogens is 468 g/mol. The van der Waals surface area contributed by atoms with Crippen molar-refractivity contribution in [1.29, 1.82) is 0 Å². The normalized spacial score (nSPS) is 14.6. The van der Waals surface area contributed by atoms with Crippen molar-refractivity contribution in [3.63, 3.8) is 0 Å². The molecule has 9 heteroatoms. The van der Waals surface area contributed by atoms with Gasteiger partial charge in [0.05, 0.1) is 24.0 Å². The van der Waals surface area contributed by atoms with E-state index < -0.39 is 17.9 Å². The summed E-state index contributed by atoms with van der Waals surface area (Å²) in [6.45, 7) is 2.77. The molecule has 1 aliphatic rings. The summed E-state index contributed by atoms with van der Waals surface area (Å²) in [6, 6.07) is 13.3. The lowest BCUT2D eigenvalue weighted by atomic mass is 10.1. The zero-order valence-electron chi connectivity index (χ0n) is 19.2. The van der Waals surface area contributed by atoms with Crippen LogP contribution in [0.2, 0.25) is 5.02 Å². The van der Waals surface area contributed by atoms with Gasteiger partial charge in [-0.2, -0.15) is 0 Å². The highest BCUT2D eigenvalue weighted by atomic mass is 35.5. The molecule has 1 fully saturated rings. The fourth-order valence-corrected chi connectivity index (χ4v) is 4.00. The van der Waals surface area contributed by atoms with E-state index in [1.54, 1.807) is 48.7 Å². The molecule has 4 rings (SSSR count). The van der Waals surface area contributed by atoms with Crippen LogP contribution in [0.5, 0.6) is 0 Å². The summed E-state index contributed by atoms with van der Waals surface area (Å²) in [4.78, 5) is 42.3. The molecule has 0 spiro atoms. The van der Waals surface area contributed by atoms with E-state index in [4.69, 9.17) is 16.7 Å². The number of benzene rings is 2. The van der Waals surface area contributed by atoms with Crippen LogP contribution in [0.15, 0.2) is 60.4 Å². The van der Waals surface area contributed by atoms with Crippen LogP contribution in [0.25, 0.3) is 6.08 Å². The first-order valence-electron chi connectivity index (χ1n) is 11.3. The number of aryl methyl sites for hydroxylation is 1. The van der Waals surface area contributed by atoms with Crippen molar-refractivity contribution >= 4 is 35.6 Å². The van der Waals surface area contributed by atoms with Gasteiger partial charge in [-0.3, -0.25) is 15.0 Å². The molecule has 3 amide bonds. The van der Waals surface area contributed by atoms with E-state index in [0.29, 0.717) is 17.3 Å². The van der Waals surface area contributed by atoms with Crippen molar-refractivity contribution in [3.05, 3.63) is 93.7 Å². The van der Waals surface area contributed by atoms with Crippen LogP contribution in [0.1, 0.15) is 52.8 Å². The van der Waals surface area contributed by atoms with E-state index in [0.717, 1.165) is 36.2 Å². The van der Waals surface area contributed by atoms with E-state index in [1.165, 1.54) is 4.90 Å². The number of urea groups is 1. The van der Waals surface area contributed by atoms with Crippen molar-refractivity contribution in [2.75, 3.05) is 0 Å². The van der Waals surface area contributed by atoms with E-state index in [1.807, 2.05) is 16.7 Å². The van der Waals surface area contributed by atoms with Crippen molar-refractivity contribution in [2.45, 2.75) is 39.3 Å². The lowest BCUT2D eigenvalue weighted by molar-refractivity contribution is -0.116. The van der Waals surface area contributed by atoms with Gasteiger partial charge in [-0.1, -0.05) is 49.2 Å². The molecule has 8 nitrogen and oxygen atoms in total. The van der Waals surface area contributed by atoms with Crippen LogP contribution < -0.4 is 5.32 Å². The minimum Gasteiger partial charge on any atom is -0.478 e. The lowest BCUT2D eigenvalue weighted by Crippen LogP contribution is -2.27. The molecule has 0 unspecified atom stereocenters. The zero-order valence-corrected chi connectivity index (χ0v) is 20.0. The SMILES string of the molecule is CCCCc1ncc(/C=C2/C(=O)NC(=O)N2Cc2ccc(Cl)cc2)n1Cc1ccc(C(=O)O)cc1. The van der Waals surface area contributed by atoms with Gasteiger partial charge < -0.3 is 9.67 Å². The number of carboxylic acid groups (broad SMARTS) is 1. The van der Waals surface area contributed by atoms with Gasteiger partial charge in [-0.05, 0) is 47.9 Å². The van der Waals surface area contributed by atoms with Gasteiger partial charge in [-0.15, -0.1) is 0 Å². The third kappa shape index (κ3) is 5.60. The lowest BCUT2D eigenvalue weighted by Gasteiger charge is -2.16. The Morgan fingerprint density at radius 2 is 1.71 bits per heavy atom. The summed E-state index contributed by atoms with van der Waals surface area (Å²) in [5.74, 6) is -0.599. The number of hydrogen-bond acceptors (Lipinski definition) is 4. The van der Waals surface area contributed by atoms with Crippen molar-refractivity contribution in [3.8, 4) is 0 Å². The number of aromatic nitrogens is 2. The maximum Gasteiger partial charge on any atom is 0.335 e. The summed E-state index contributed by atoms with van der Waals surface area (Å²) in [7, 11) is 0. The van der Waals surface area contributed by atoms with Crippen LogP contribution in [-0.4, -0.2) is 37.5 Å². The second-order valence-electron chi connectivity index (χ2n) is 8.29. The minimum absolute atomic E-state index is 0.215. The molecular formula is C26H25ClN4O4. The molecule has 1 saturated heterocycles. The average Bonchev–Trinajstić information content (AvgIpc) is 3.34. The first-order chi connectivity index (χ1) is 16.9. The van der Waals surface area contributed by atoms with Crippen LogP contribution in [0.4, 0.5) is 4.79 Å². The third-order valence-electron chi connectivity index (χ3n) is 5.79. The number of nitrogens with one attached hydrogen (secondary N) is 1. The third-order valence-corrected chi connectivity index (χ3v) is 6.04. The van der Waals surface area contributed by atoms with E-state index >= 15 is 0 Å². The summed E-state index contributed by atoms with van der Waals surface area (Å²) in [5, 5.41) is 12.1. The molecule has 0 radical (unpaired) electrons. The Kier molecular flexibility index (Phi) is 7.31. The number of carbonyl (C=O) groups excluding carboxylic acids is 2. The van der Waals surface area contributed by atoms with Gasteiger partial charge in [0.25, 0.3) is 5.91 Å². The minimum atomic E-state index is -0.981. The molecule has 180 valence electrons. The number of carbonyl (C=O) groups is 3. The molecule has 0 saturated carbocycles. The van der Waals surface area contributed by atoms with Gasteiger partial charge in [0.2, 0.25) is 0 Å². The Bertz CT molecular complexity index is 1280. The predicted molar refractivity (Wildman–Crippen MR) is 132 cm³/mol. The maximum atomic E-state index is 12.6. The number of nitrogens with zero attached hydrogens (tertiary/aromatic N) is 3. The standard InChI is InChI=1S/C26H25ClN4O4/c1-2-3-4-23-28-14-21(30(23)15-17-5-9-19(10-6-17)25(33)34)13-22-24(32)29-26(35)31(22)16-18-7-11-20(27)12-8-18/h5-14H,2-4,15-16H2,1H3,(H,33,34)(H,29,32,35)/b22-13-. The first kappa shape index (κ1) is 24.2. The highest BCUT2D eigenvalue weighted by Gasteiger charge is 2.33. The quantitative estimate of drug-likeness (QED) is 0.332. The van der Waals surface area contributed by atoms with E-state index in [2.05, 4.69) is 17.2 Å². The topological polar surface area (TPSA) is 105 Å². The van der Waals surface area contributed by atoms with Gasteiger partial charge >= 0.3 is 12.0 Å². The number of imidazole rings is 1. The Morgan fingerprint density at radius 1 is 1.06 bits per heavy atom. The number of rotatable bonds is 9. The number of hydrogen-bond donors (Lipinski definition) is 2. The van der Waals surface area contributed by atoms with Crippen LogP contribution in [0.3, 0.4) is 0 Å². The van der Waals surface area contributed by atoms with Crippen molar-refractivity contribution < 1.29 is 19.5 Å². The van der Waals surface area contributed by atoms with Crippen LogP contribution in [-0.2, 0) is 24.3 Å². The Labute approximate surface area is 207 Å². The molecule has 3 aromatic rings. The number of halogens is 1. The molecule has 2 heterocycles. The predicted octanol–water partition coefficient (Wildman–Crippen LogP) is 4.72. The fourth-order valence-electron chi connectivity index (χ4n) is 3.87. The highest BCUT2D eigenvalue weighted by Crippen LogP contribution is 2.23. The molecule has 1 aliphatic heterocycles. The van der Waals surface area contributed by atoms with Crippen molar-refractivity contribution in [1.82, 2.24) is 19.8 Å². The fraction of sp³-hybridized carbons (Fsp3) is 0.231. The number of aromatic carboxylic acids is 1. The Hall–Kier alpha value is -3.91. The van der Waals surface area contributed by atoms with Gasteiger partial charge in [0, 0.05) is 18.0 Å². The summed E-state index contributed by atoms with van der Waals surface area (Å²) in [5.41, 5.74) is 2.86. The number of imide groups is 1. The number of amides is 3. The second-order valence-corrected chi connectivity index (χ2v) is 8.73. The Morgan fingerprint density at radius 3 is 2.37 bits per heavy atom. The first-order valence-corrected chi connectivity index (χ1v) is 11.7. The monoisotopic (exact) mass is 492 g/mol. The molecule has 1 aromatic heterocycles. The molecule has 0 aliphatic carbocycles. The number of unbranched alkanes of at least 4 members (excludes halogenated alkanes) is 1. The smallest absolute Gasteiger partial charge is 0.335 e. The van der Waals surface area contributed by atoms with E-state index in [9.17, 15) is 14.4 Å². The summed E-state index contributed by atoms with van der Waals surface area (Å²) < 4.78 is 2.00. The average molecular weight is 493 g/mol. The van der Waals surface area contributed by atoms with Gasteiger partial charge in [0.15, 0.2) is 0 Å². The molecule has 2 N–H and O–H groups in total. The van der Waals surface area contributed by atoms with Crippen LogP contribution in [0, 0.1) is 0 Å². The van der Waals surface area contributed by atoms with Gasteiger partial charge in [0.1, 0.15) is 11.5 Å². The molecule has 2 aromatic carbocycles. The zero-order chi connectivity index (χ0) is 24.9. The maximum absolute atomic E-state index is 12.6. The van der Waals surface area contributed by atoms with Crippen LogP contribution >= 0.6 is 11.6 Å². The largest absolute Gasteiger partial charge is 0.478 e. The molecule has 35 heavy (non-hydrogen) atoms. The van der Waals surface area contributed by atoms with Gasteiger partial charge in [-0.25, -0.2) is 14.6 Å². The molecule has 0 atom stereocenters. The second kappa shape index (κ2) is 10.6. The highest BCUT2D eigenvalue weighted by molar-refractivity contribution is 6.30. The number of carboxylic acids is 1. The van der Waals surface area contributed by atoms with E-state index in [-0.39, 0.29) is 17.8 Å². The summed E-state index contributed by atoms with van der Waals surface area (Å²) >= 11 is 5.97. The Balaban J connectivity index is 1.67. The summed E-state index contributed by atoms with van der Waals surface area (Å²) in [6.07, 6.45) is 6.08. The van der Waals surface area contributed by atoms with Crippen molar-refractivity contribution in [2.24, 2.45) is 0 Å².